The number of thiophene rings is 1. The molecule has 1 nitrogen and oxygen atoms in total. The van der Waals surface area contributed by atoms with Gasteiger partial charge in [-0.05, 0) is 31.7 Å². The minimum absolute atomic E-state index is 0.132. The zero-order valence-electron chi connectivity index (χ0n) is 10.3. The van der Waals surface area contributed by atoms with E-state index in [1.54, 1.807) is 29.5 Å². The second-order valence-corrected chi connectivity index (χ2v) is 5.81. The quantitative estimate of drug-likeness (QED) is 0.868. The van der Waals surface area contributed by atoms with Gasteiger partial charge in [0.2, 0.25) is 0 Å². The molecule has 0 fully saturated rings. The Balaban J connectivity index is 2.44. The average molecular weight is 284 g/mol. The molecule has 1 atom stereocenters. The van der Waals surface area contributed by atoms with Gasteiger partial charge in [-0.15, -0.1) is 11.3 Å². The number of hydrogen-bond donors (Lipinski definition) is 1. The van der Waals surface area contributed by atoms with Crippen molar-refractivity contribution in [1.82, 2.24) is 5.32 Å². The molecule has 0 aliphatic heterocycles. The van der Waals surface area contributed by atoms with Crippen molar-refractivity contribution < 1.29 is 4.39 Å². The highest BCUT2D eigenvalue weighted by atomic mass is 35.5. The zero-order valence-corrected chi connectivity index (χ0v) is 11.9. The zero-order chi connectivity index (χ0) is 13.1. The van der Waals surface area contributed by atoms with Crippen LogP contribution in [0.5, 0.6) is 0 Å². The lowest BCUT2D eigenvalue weighted by molar-refractivity contribution is 0.563. The van der Waals surface area contributed by atoms with Crippen molar-refractivity contribution in [3.8, 4) is 0 Å². The van der Waals surface area contributed by atoms with Gasteiger partial charge in [0.1, 0.15) is 5.82 Å². The van der Waals surface area contributed by atoms with Crippen LogP contribution in [0.4, 0.5) is 4.39 Å². The highest BCUT2D eigenvalue weighted by Gasteiger charge is 2.19. The van der Waals surface area contributed by atoms with E-state index in [1.165, 1.54) is 4.88 Å². The molecule has 1 heterocycles. The molecule has 1 N–H and O–H groups in total. The van der Waals surface area contributed by atoms with E-state index in [0.717, 1.165) is 11.4 Å². The van der Waals surface area contributed by atoms with Gasteiger partial charge in [0.05, 0.1) is 11.1 Å². The fourth-order valence-corrected chi connectivity index (χ4v) is 3.07. The van der Waals surface area contributed by atoms with Crippen molar-refractivity contribution in [3.63, 3.8) is 0 Å². The fourth-order valence-electron chi connectivity index (χ4n) is 1.92. The topological polar surface area (TPSA) is 12.0 Å². The molecule has 0 saturated carbocycles. The van der Waals surface area contributed by atoms with Gasteiger partial charge in [0.15, 0.2) is 0 Å². The van der Waals surface area contributed by atoms with Crippen LogP contribution in [-0.4, -0.2) is 6.54 Å². The molecule has 2 aromatic rings. The Morgan fingerprint density at radius 2 is 2.11 bits per heavy atom. The van der Waals surface area contributed by atoms with Crippen molar-refractivity contribution in [2.45, 2.75) is 19.9 Å². The van der Waals surface area contributed by atoms with E-state index in [-0.39, 0.29) is 16.9 Å². The third kappa shape index (κ3) is 2.74. The second-order valence-electron chi connectivity index (χ2n) is 4.08. The van der Waals surface area contributed by atoms with Gasteiger partial charge in [0.25, 0.3) is 0 Å². The van der Waals surface area contributed by atoms with E-state index in [4.69, 9.17) is 11.6 Å². The molecule has 2 rings (SSSR count). The molecule has 96 valence electrons. The minimum Gasteiger partial charge on any atom is -0.306 e. The summed E-state index contributed by atoms with van der Waals surface area (Å²) >= 11 is 7.52. The van der Waals surface area contributed by atoms with Crippen molar-refractivity contribution in [2.24, 2.45) is 0 Å². The molecular weight excluding hydrogens is 269 g/mol. The summed E-state index contributed by atoms with van der Waals surface area (Å²) in [5, 5.41) is 3.48. The maximum absolute atomic E-state index is 14.1. The molecule has 1 aromatic carbocycles. The Morgan fingerprint density at radius 3 is 2.72 bits per heavy atom. The molecule has 4 heteroatoms. The largest absolute Gasteiger partial charge is 0.306 e. The van der Waals surface area contributed by atoms with Crippen LogP contribution in [0.2, 0.25) is 5.02 Å². The van der Waals surface area contributed by atoms with Crippen LogP contribution in [0.3, 0.4) is 0 Å². The third-order valence-corrected chi connectivity index (χ3v) is 4.10. The van der Waals surface area contributed by atoms with Crippen LogP contribution in [0.15, 0.2) is 30.3 Å². The van der Waals surface area contributed by atoms with Crippen molar-refractivity contribution in [3.05, 3.63) is 56.5 Å². The smallest absolute Gasteiger partial charge is 0.146 e. The van der Waals surface area contributed by atoms with Crippen LogP contribution in [0.25, 0.3) is 0 Å². The second kappa shape index (κ2) is 5.83. The van der Waals surface area contributed by atoms with Crippen LogP contribution >= 0.6 is 22.9 Å². The number of rotatable bonds is 4. The molecule has 0 bridgehead atoms. The maximum atomic E-state index is 14.1. The summed E-state index contributed by atoms with van der Waals surface area (Å²) in [7, 11) is 0. The average Bonchev–Trinajstić information content (AvgIpc) is 2.77. The van der Waals surface area contributed by atoms with Crippen LogP contribution in [0, 0.1) is 12.7 Å². The molecule has 0 radical (unpaired) electrons. The number of benzene rings is 1. The van der Waals surface area contributed by atoms with E-state index in [9.17, 15) is 4.39 Å². The predicted octanol–water partition coefficient (Wildman–Crippen LogP) is 4.55. The van der Waals surface area contributed by atoms with Gasteiger partial charge in [-0.1, -0.05) is 30.7 Å². The normalized spacial score (nSPS) is 12.7. The highest BCUT2D eigenvalue weighted by Crippen LogP contribution is 2.31. The predicted molar refractivity (Wildman–Crippen MR) is 76.0 cm³/mol. The van der Waals surface area contributed by atoms with Gasteiger partial charge in [-0.25, -0.2) is 4.39 Å². The molecule has 0 saturated heterocycles. The van der Waals surface area contributed by atoms with Gasteiger partial charge in [-0.3, -0.25) is 0 Å². The molecule has 1 aromatic heterocycles. The van der Waals surface area contributed by atoms with E-state index in [1.807, 2.05) is 26.0 Å². The fraction of sp³-hybridized carbons (Fsp3) is 0.286. The number of hydrogen-bond acceptors (Lipinski definition) is 2. The Kier molecular flexibility index (Phi) is 4.38. The van der Waals surface area contributed by atoms with Gasteiger partial charge >= 0.3 is 0 Å². The third-order valence-electron chi connectivity index (χ3n) is 2.75. The summed E-state index contributed by atoms with van der Waals surface area (Å²) in [4.78, 5) is 2.32. The first-order valence-electron chi connectivity index (χ1n) is 5.87. The van der Waals surface area contributed by atoms with E-state index in [2.05, 4.69) is 5.32 Å². The van der Waals surface area contributed by atoms with Crippen molar-refractivity contribution in [2.75, 3.05) is 6.54 Å². The minimum atomic E-state index is -0.337. The summed E-state index contributed by atoms with van der Waals surface area (Å²) in [6.07, 6.45) is 0. The molecule has 0 aliphatic carbocycles. The lowest BCUT2D eigenvalue weighted by Crippen LogP contribution is -2.22. The number of halogens is 2. The first-order valence-corrected chi connectivity index (χ1v) is 7.06. The van der Waals surface area contributed by atoms with Crippen molar-refractivity contribution >= 4 is 22.9 Å². The van der Waals surface area contributed by atoms with E-state index < -0.39 is 0 Å². The van der Waals surface area contributed by atoms with Gasteiger partial charge in [-0.2, -0.15) is 0 Å². The Labute approximate surface area is 116 Å². The Hall–Kier alpha value is -0.900. The van der Waals surface area contributed by atoms with Gasteiger partial charge in [0, 0.05) is 15.3 Å². The molecule has 18 heavy (non-hydrogen) atoms. The van der Waals surface area contributed by atoms with E-state index in [0.29, 0.717) is 5.56 Å². The highest BCUT2D eigenvalue weighted by molar-refractivity contribution is 7.12. The SMILES string of the molecule is CCNC(c1ccc(C)s1)c1cccc(Cl)c1F. The summed E-state index contributed by atoms with van der Waals surface area (Å²) in [6, 6.07) is 9.09. The van der Waals surface area contributed by atoms with Crippen LogP contribution < -0.4 is 5.32 Å². The van der Waals surface area contributed by atoms with Gasteiger partial charge < -0.3 is 5.32 Å². The summed E-state index contributed by atoms with van der Waals surface area (Å²) in [6.45, 7) is 4.83. The maximum Gasteiger partial charge on any atom is 0.146 e. The molecular formula is C14H15ClFNS. The summed E-state index contributed by atoms with van der Waals surface area (Å²) in [5.74, 6) is -0.337. The molecule has 0 aliphatic rings. The molecule has 0 amide bonds. The number of aryl methyl sites for hydroxylation is 1. The van der Waals surface area contributed by atoms with Crippen LogP contribution in [-0.2, 0) is 0 Å². The standard InChI is InChI=1S/C14H15ClFNS/c1-3-17-14(12-8-7-9(2)18-12)10-5-4-6-11(15)13(10)16/h4-8,14,17H,3H2,1-2H3. The number of nitrogens with one attached hydrogen (secondary N) is 1. The van der Waals surface area contributed by atoms with Crippen molar-refractivity contribution in [1.29, 1.82) is 0 Å². The Bertz CT molecular complexity index is 538. The first kappa shape index (κ1) is 13.5. The monoisotopic (exact) mass is 283 g/mol. The lowest BCUT2D eigenvalue weighted by atomic mass is 10.0. The lowest BCUT2D eigenvalue weighted by Gasteiger charge is -2.18. The van der Waals surface area contributed by atoms with E-state index >= 15 is 0 Å². The summed E-state index contributed by atoms with van der Waals surface area (Å²) < 4.78 is 14.1. The van der Waals surface area contributed by atoms with Crippen LogP contribution in [0.1, 0.15) is 28.3 Å². The molecule has 1 unspecified atom stereocenters. The molecule has 0 spiro atoms. The summed E-state index contributed by atoms with van der Waals surface area (Å²) in [5.41, 5.74) is 0.603. The Morgan fingerprint density at radius 1 is 1.33 bits per heavy atom. The first-order chi connectivity index (χ1) is 8.63.